The summed E-state index contributed by atoms with van der Waals surface area (Å²) < 4.78 is 2.21. The smallest absolute Gasteiger partial charge is 0.256 e. The molecule has 2 aromatic carbocycles. The molecule has 4 rings (SSSR count). The maximum atomic E-state index is 12.3. The van der Waals surface area contributed by atoms with E-state index in [1.54, 1.807) is 0 Å². The SMILES string of the molecule is Cc1cc(/C=C2/C(=O)Nc3ccccc32)c(C)n1-c1ccccc1. The molecule has 0 fully saturated rings. The van der Waals surface area contributed by atoms with Crippen LogP contribution in [0.4, 0.5) is 5.69 Å². The summed E-state index contributed by atoms with van der Waals surface area (Å²) in [6, 6.07) is 20.2. The van der Waals surface area contributed by atoms with Crippen LogP contribution in [0.2, 0.25) is 0 Å². The zero-order valence-electron chi connectivity index (χ0n) is 13.7. The summed E-state index contributed by atoms with van der Waals surface area (Å²) >= 11 is 0. The van der Waals surface area contributed by atoms with E-state index in [2.05, 4.69) is 41.9 Å². The van der Waals surface area contributed by atoms with E-state index in [1.165, 1.54) is 0 Å². The number of nitrogens with one attached hydrogen (secondary N) is 1. The molecule has 0 atom stereocenters. The Bertz CT molecular complexity index is 965. The number of amides is 1. The second-order valence-corrected chi connectivity index (χ2v) is 6.06. The topological polar surface area (TPSA) is 34.0 Å². The molecule has 3 nitrogen and oxygen atoms in total. The quantitative estimate of drug-likeness (QED) is 0.690. The van der Waals surface area contributed by atoms with Gasteiger partial charge in [0, 0.05) is 33.9 Å². The van der Waals surface area contributed by atoms with Gasteiger partial charge in [0.1, 0.15) is 0 Å². The Balaban J connectivity index is 1.84. The average Bonchev–Trinajstić information content (AvgIpc) is 3.05. The minimum atomic E-state index is -0.0410. The van der Waals surface area contributed by atoms with Crippen LogP contribution in [-0.2, 0) is 4.79 Å². The van der Waals surface area contributed by atoms with Crippen LogP contribution in [0.1, 0.15) is 22.5 Å². The van der Waals surface area contributed by atoms with Crippen LogP contribution in [0.5, 0.6) is 0 Å². The van der Waals surface area contributed by atoms with Gasteiger partial charge in [0.25, 0.3) is 5.91 Å². The van der Waals surface area contributed by atoms with Crippen molar-refractivity contribution in [2.24, 2.45) is 0 Å². The zero-order chi connectivity index (χ0) is 16.7. The van der Waals surface area contributed by atoms with Crippen molar-refractivity contribution in [2.45, 2.75) is 13.8 Å². The maximum absolute atomic E-state index is 12.3. The van der Waals surface area contributed by atoms with Gasteiger partial charge in [0.15, 0.2) is 0 Å². The lowest BCUT2D eigenvalue weighted by Gasteiger charge is -2.09. The lowest BCUT2D eigenvalue weighted by atomic mass is 10.0. The van der Waals surface area contributed by atoms with E-state index in [0.29, 0.717) is 0 Å². The number of benzene rings is 2. The Morgan fingerprint density at radius 3 is 2.46 bits per heavy atom. The number of fused-ring (bicyclic) bond motifs is 1. The molecular formula is C21H18N2O. The van der Waals surface area contributed by atoms with E-state index >= 15 is 0 Å². The molecule has 3 heteroatoms. The zero-order valence-corrected chi connectivity index (χ0v) is 13.7. The van der Waals surface area contributed by atoms with Gasteiger partial charge in [-0.3, -0.25) is 4.79 Å². The Labute approximate surface area is 141 Å². The third kappa shape index (κ3) is 2.26. The third-order valence-electron chi connectivity index (χ3n) is 4.49. The number of hydrogen-bond acceptors (Lipinski definition) is 1. The van der Waals surface area contributed by atoms with E-state index in [1.807, 2.05) is 48.5 Å². The number of carbonyl (C=O) groups excluding carboxylic acids is 1. The average molecular weight is 314 g/mol. The first-order chi connectivity index (χ1) is 11.6. The van der Waals surface area contributed by atoms with Gasteiger partial charge in [-0.25, -0.2) is 0 Å². The number of para-hydroxylation sites is 2. The number of carbonyl (C=O) groups is 1. The van der Waals surface area contributed by atoms with Gasteiger partial charge in [0.05, 0.1) is 0 Å². The van der Waals surface area contributed by atoms with Crippen molar-refractivity contribution in [3.05, 3.63) is 83.2 Å². The molecule has 24 heavy (non-hydrogen) atoms. The maximum Gasteiger partial charge on any atom is 0.256 e. The molecule has 0 saturated carbocycles. The minimum absolute atomic E-state index is 0.0410. The second-order valence-electron chi connectivity index (χ2n) is 6.06. The van der Waals surface area contributed by atoms with E-state index in [4.69, 9.17) is 0 Å². The summed E-state index contributed by atoms with van der Waals surface area (Å²) in [5, 5.41) is 2.93. The largest absolute Gasteiger partial charge is 0.321 e. The summed E-state index contributed by atoms with van der Waals surface area (Å²) in [5.41, 5.74) is 7.05. The molecule has 0 saturated heterocycles. The monoisotopic (exact) mass is 314 g/mol. The number of anilines is 1. The standard InChI is InChI=1S/C21H18N2O/c1-14-12-16(15(2)23(14)17-8-4-3-5-9-17)13-19-18-10-6-7-11-20(18)22-21(19)24/h3-13H,1-2H3,(H,22,24)/b19-13+. The summed E-state index contributed by atoms with van der Waals surface area (Å²) in [6.07, 6.45) is 1.99. The van der Waals surface area contributed by atoms with Crippen LogP contribution in [0.15, 0.2) is 60.7 Å². The molecular weight excluding hydrogens is 296 g/mol. The molecule has 3 aromatic rings. The first-order valence-corrected chi connectivity index (χ1v) is 8.02. The van der Waals surface area contributed by atoms with Gasteiger partial charge in [0.2, 0.25) is 0 Å². The predicted octanol–water partition coefficient (Wildman–Crippen LogP) is 4.59. The van der Waals surface area contributed by atoms with Crippen LogP contribution in [-0.4, -0.2) is 10.5 Å². The molecule has 0 bridgehead atoms. The Kier molecular flexibility index (Phi) is 3.35. The van der Waals surface area contributed by atoms with Crippen LogP contribution < -0.4 is 5.32 Å². The van der Waals surface area contributed by atoms with E-state index in [-0.39, 0.29) is 5.91 Å². The minimum Gasteiger partial charge on any atom is -0.321 e. The van der Waals surface area contributed by atoms with E-state index in [9.17, 15) is 4.79 Å². The van der Waals surface area contributed by atoms with Gasteiger partial charge in [-0.1, -0.05) is 36.4 Å². The van der Waals surface area contributed by atoms with E-state index in [0.717, 1.165) is 39.5 Å². The molecule has 0 unspecified atom stereocenters. The summed E-state index contributed by atoms with van der Waals surface area (Å²) in [6.45, 7) is 4.18. The molecule has 0 radical (unpaired) electrons. The first kappa shape index (κ1) is 14.5. The Hall–Kier alpha value is -3.07. The van der Waals surface area contributed by atoms with Gasteiger partial charge >= 0.3 is 0 Å². The lowest BCUT2D eigenvalue weighted by Crippen LogP contribution is -2.03. The molecule has 1 aliphatic rings. The van der Waals surface area contributed by atoms with Crippen molar-refractivity contribution in [2.75, 3.05) is 5.32 Å². The fourth-order valence-corrected chi connectivity index (χ4v) is 3.35. The second kappa shape index (κ2) is 5.53. The van der Waals surface area contributed by atoms with E-state index < -0.39 is 0 Å². The van der Waals surface area contributed by atoms with Crippen molar-refractivity contribution in [1.82, 2.24) is 4.57 Å². The summed E-state index contributed by atoms with van der Waals surface area (Å²) in [5.74, 6) is -0.0410. The lowest BCUT2D eigenvalue weighted by molar-refractivity contribution is -0.110. The molecule has 0 aliphatic carbocycles. The molecule has 0 spiro atoms. The van der Waals surface area contributed by atoms with Crippen molar-refractivity contribution in [3.8, 4) is 5.69 Å². The molecule has 118 valence electrons. The Morgan fingerprint density at radius 1 is 0.958 bits per heavy atom. The fourth-order valence-electron chi connectivity index (χ4n) is 3.35. The summed E-state index contributed by atoms with van der Waals surface area (Å²) in [7, 11) is 0. The molecule has 1 aliphatic heterocycles. The molecule has 1 amide bonds. The van der Waals surface area contributed by atoms with Crippen molar-refractivity contribution < 1.29 is 4.79 Å². The van der Waals surface area contributed by atoms with Crippen molar-refractivity contribution in [1.29, 1.82) is 0 Å². The molecule has 2 heterocycles. The van der Waals surface area contributed by atoms with Crippen LogP contribution in [0.25, 0.3) is 17.3 Å². The van der Waals surface area contributed by atoms with Crippen molar-refractivity contribution in [3.63, 3.8) is 0 Å². The number of aromatic nitrogens is 1. The normalized spacial score (nSPS) is 14.8. The van der Waals surface area contributed by atoms with Gasteiger partial charge < -0.3 is 9.88 Å². The number of hydrogen-bond donors (Lipinski definition) is 1. The highest BCUT2D eigenvalue weighted by molar-refractivity contribution is 6.34. The number of aryl methyl sites for hydroxylation is 1. The highest BCUT2D eigenvalue weighted by Gasteiger charge is 2.24. The highest BCUT2D eigenvalue weighted by Crippen LogP contribution is 2.34. The molecule has 1 N–H and O–H groups in total. The molecule has 1 aromatic heterocycles. The van der Waals surface area contributed by atoms with Gasteiger partial charge in [-0.15, -0.1) is 0 Å². The third-order valence-corrected chi connectivity index (χ3v) is 4.49. The van der Waals surface area contributed by atoms with Gasteiger partial charge in [-0.2, -0.15) is 0 Å². The van der Waals surface area contributed by atoms with Crippen LogP contribution in [0.3, 0.4) is 0 Å². The number of rotatable bonds is 2. The number of nitrogens with zero attached hydrogens (tertiary/aromatic N) is 1. The predicted molar refractivity (Wildman–Crippen MR) is 98.2 cm³/mol. The van der Waals surface area contributed by atoms with Crippen LogP contribution in [0, 0.1) is 13.8 Å². The van der Waals surface area contributed by atoms with Crippen molar-refractivity contribution >= 4 is 23.2 Å². The highest BCUT2D eigenvalue weighted by atomic mass is 16.2. The first-order valence-electron chi connectivity index (χ1n) is 8.02. The summed E-state index contributed by atoms with van der Waals surface area (Å²) in [4.78, 5) is 12.3. The Morgan fingerprint density at radius 2 is 1.67 bits per heavy atom. The fraction of sp³-hybridized carbons (Fsp3) is 0.0952. The van der Waals surface area contributed by atoms with Crippen LogP contribution >= 0.6 is 0 Å². The van der Waals surface area contributed by atoms with Gasteiger partial charge in [-0.05, 0) is 49.8 Å².